The van der Waals surface area contributed by atoms with E-state index in [1.165, 1.54) is 12.8 Å². The molecule has 134 valence electrons. The summed E-state index contributed by atoms with van der Waals surface area (Å²) in [4.78, 5) is 16.6. The summed E-state index contributed by atoms with van der Waals surface area (Å²) in [6.45, 7) is 2.44. The van der Waals surface area contributed by atoms with Gasteiger partial charge < -0.3 is 14.4 Å². The minimum absolute atomic E-state index is 0.164. The molecule has 2 fully saturated rings. The molecule has 0 N–H and O–H groups in total. The molecule has 0 radical (unpaired) electrons. The van der Waals surface area contributed by atoms with Crippen molar-refractivity contribution in [1.29, 1.82) is 0 Å². The van der Waals surface area contributed by atoms with Crippen molar-refractivity contribution in [1.82, 2.24) is 24.6 Å². The molecule has 0 aromatic carbocycles. The molecule has 0 spiro atoms. The molecule has 3 heterocycles. The Morgan fingerprint density at radius 1 is 1.24 bits per heavy atom. The number of piperidine rings is 1. The molecule has 0 bridgehead atoms. The molecule has 2 aromatic heterocycles. The lowest BCUT2D eigenvalue weighted by molar-refractivity contribution is 0.0710. The van der Waals surface area contributed by atoms with E-state index in [0.29, 0.717) is 12.0 Å². The summed E-state index contributed by atoms with van der Waals surface area (Å²) in [5.41, 5.74) is 0.817. The first-order valence-corrected chi connectivity index (χ1v) is 9.97. The highest BCUT2D eigenvalue weighted by Crippen LogP contribution is 2.40. The van der Waals surface area contributed by atoms with Crippen LogP contribution in [0.1, 0.15) is 59.6 Å². The molecule has 4 rings (SSSR count). The zero-order valence-corrected chi connectivity index (χ0v) is 15.7. The first-order chi connectivity index (χ1) is 12.1. The molecule has 25 heavy (non-hydrogen) atoms. The molecule has 1 saturated carbocycles. The molecular formula is C18H25N5OS. The third-order valence-electron chi connectivity index (χ3n) is 5.08. The number of thiophene rings is 1. The topological polar surface area (TPSA) is 54.3 Å². The van der Waals surface area contributed by atoms with Gasteiger partial charge in [0.15, 0.2) is 0 Å². The first kappa shape index (κ1) is 16.7. The van der Waals surface area contributed by atoms with Gasteiger partial charge in [-0.25, -0.2) is 0 Å². The van der Waals surface area contributed by atoms with Gasteiger partial charge in [-0.15, -0.1) is 10.2 Å². The van der Waals surface area contributed by atoms with Gasteiger partial charge in [0, 0.05) is 30.4 Å². The van der Waals surface area contributed by atoms with Crippen LogP contribution in [0.2, 0.25) is 0 Å². The van der Waals surface area contributed by atoms with Gasteiger partial charge in [-0.2, -0.15) is 11.3 Å². The fourth-order valence-corrected chi connectivity index (χ4v) is 4.28. The Morgan fingerprint density at radius 3 is 2.60 bits per heavy atom. The number of rotatable bonds is 5. The quantitative estimate of drug-likeness (QED) is 0.824. The Hall–Kier alpha value is -1.73. The van der Waals surface area contributed by atoms with E-state index in [4.69, 9.17) is 0 Å². The molecule has 7 heteroatoms. The summed E-state index contributed by atoms with van der Waals surface area (Å²) in [7, 11) is 4.14. The summed E-state index contributed by atoms with van der Waals surface area (Å²) < 4.78 is 2.39. The van der Waals surface area contributed by atoms with Crippen LogP contribution >= 0.6 is 11.3 Å². The van der Waals surface area contributed by atoms with Crippen LogP contribution in [0, 0.1) is 0 Å². The van der Waals surface area contributed by atoms with Crippen LogP contribution < -0.4 is 0 Å². The number of hydrogen-bond donors (Lipinski definition) is 0. The van der Waals surface area contributed by atoms with Crippen LogP contribution in [0.15, 0.2) is 16.8 Å². The third kappa shape index (κ3) is 3.48. The van der Waals surface area contributed by atoms with E-state index in [2.05, 4.69) is 33.8 Å². The molecule has 6 nitrogen and oxygen atoms in total. The van der Waals surface area contributed by atoms with E-state index in [-0.39, 0.29) is 5.91 Å². The predicted octanol–water partition coefficient (Wildman–Crippen LogP) is 2.76. The number of likely N-dealkylation sites (tertiary alicyclic amines) is 1. The maximum absolute atomic E-state index is 12.5. The Labute approximate surface area is 152 Å². The molecule has 1 aliphatic carbocycles. The van der Waals surface area contributed by atoms with Gasteiger partial charge in [-0.05, 0) is 51.2 Å². The van der Waals surface area contributed by atoms with Crippen molar-refractivity contribution in [2.45, 2.75) is 44.2 Å². The Bertz CT molecular complexity index is 727. The number of amides is 1. The van der Waals surface area contributed by atoms with Crippen LogP contribution in [-0.4, -0.2) is 57.7 Å². The first-order valence-electron chi connectivity index (χ1n) is 9.03. The van der Waals surface area contributed by atoms with Crippen LogP contribution in [0.3, 0.4) is 0 Å². The molecule has 1 aliphatic heterocycles. The number of carbonyl (C=O) groups excluding carboxylic acids is 1. The second-order valence-electron chi connectivity index (χ2n) is 7.39. The van der Waals surface area contributed by atoms with Gasteiger partial charge in [0.05, 0.1) is 12.1 Å². The molecule has 2 aromatic rings. The normalized spacial score (nSPS) is 18.9. The van der Waals surface area contributed by atoms with Gasteiger partial charge in [0.2, 0.25) is 0 Å². The summed E-state index contributed by atoms with van der Waals surface area (Å²) in [6, 6.07) is 2.50. The van der Waals surface area contributed by atoms with Crippen LogP contribution in [0.5, 0.6) is 0 Å². The van der Waals surface area contributed by atoms with Crippen molar-refractivity contribution in [3.8, 4) is 0 Å². The van der Waals surface area contributed by atoms with Crippen molar-refractivity contribution in [3.63, 3.8) is 0 Å². The number of hydrogen-bond acceptors (Lipinski definition) is 5. The van der Waals surface area contributed by atoms with Crippen molar-refractivity contribution < 1.29 is 4.79 Å². The molecule has 0 unspecified atom stereocenters. The summed E-state index contributed by atoms with van der Waals surface area (Å²) in [5, 5.41) is 12.9. The van der Waals surface area contributed by atoms with Gasteiger partial charge in [0.1, 0.15) is 11.6 Å². The Balaban J connectivity index is 1.46. The largest absolute Gasteiger partial charge is 0.339 e. The molecule has 1 amide bonds. The molecule has 2 aliphatic rings. The average molecular weight is 359 g/mol. The smallest absolute Gasteiger partial charge is 0.254 e. The summed E-state index contributed by atoms with van der Waals surface area (Å²) in [6.07, 6.45) is 4.42. The lowest BCUT2D eigenvalue weighted by Gasteiger charge is -2.31. The van der Waals surface area contributed by atoms with Crippen LogP contribution in [0.4, 0.5) is 0 Å². The number of nitrogens with zero attached hydrogens (tertiary/aromatic N) is 5. The second kappa shape index (κ2) is 6.88. The highest BCUT2D eigenvalue weighted by Gasteiger charge is 2.34. The maximum atomic E-state index is 12.5. The zero-order chi connectivity index (χ0) is 17.4. The number of carbonyl (C=O) groups is 1. The second-order valence-corrected chi connectivity index (χ2v) is 8.17. The van der Waals surface area contributed by atoms with Crippen molar-refractivity contribution in [3.05, 3.63) is 34.0 Å². The van der Waals surface area contributed by atoms with E-state index >= 15 is 0 Å². The van der Waals surface area contributed by atoms with Crippen molar-refractivity contribution >= 4 is 17.2 Å². The number of aromatic nitrogens is 3. The van der Waals surface area contributed by atoms with Gasteiger partial charge in [-0.3, -0.25) is 4.79 Å². The monoisotopic (exact) mass is 359 g/mol. The third-order valence-corrected chi connectivity index (χ3v) is 5.76. The lowest BCUT2D eigenvalue weighted by Crippen LogP contribution is -2.38. The Morgan fingerprint density at radius 2 is 2.00 bits per heavy atom. The van der Waals surface area contributed by atoms with Crippen LogP contribution in [-0.2, 0) is 6.54 Å². The maximum Gasteiger partial charge on any atom is 0.254 e. The van der Waals surface area contributed by atoms with Gasteiger partial charge >= 0.3 is 0 Å². The minimum Gasteiger partial charge on any atom is -0.339 e. The SMILES string of the molecule is CN(C)Cc1nnc(C2CCN(C(=O)c3ccsc3)CC2)n1C1CC1. The van der Waals surface area contributed by atoms with E-state index in [0.717, 1.165) is 49.7 Å². The van der Waals surface area contributed by atoms with Crippen molar-refractivity contribution in [2.24, 2.45) is 0 Å². The zero-order valence-electron chi connectivity index (χ0n) is 14.9. The molecular weight excluding hydrogens is 334 g/mol. The predicted molar refractivity (Wildman–Crippen MR) is 97.9 cm³/mol. The molecule has 1 saturated heterocycles. The standard InChI is InChI=1S/C18H25N5OS/c1-21(2)11-16-19-20-17(23(16)15-3-4-15)13-5-8-22(9-6-13)18(24)14-7-10-25-12-14/h7,10,12-13,15H,3-6,8-9,11H2,1-2H3. The van der Waals surface area contributed by atoms with Gasteiger partial charge in [-0.1, -0.05) is 0 Å². The fourth-order valence-electron chi connectivity index (χ4n) is 3.65. The highest BCUT2D eigenvalue weighted by molar-refractivity contribution is 7.08. The lowest BCUT2D eigenvalue weighted by atomic mass is 9.95. The minimum atomic E-state index is 0.164. The molecule has 0 atom stereocenters. The van der Waals surface area contributed by atoms with Crippen molar-refractivity contribution in [2.75, 3.05) is 27.2 Å². The summed E-state index contributed by atoms with van der Waals surface area (Å²) >= 11 is 1.58. The summed E-state index contributed by atoms with van der Waals surface area (Å²) in [5.74, 6) is 2.80. The van der Waals surface area contributed by atoms with Crippen LogP contribution in [0.25, 0.3) is 0 Å². The van der Waals surface area contributed by atoms with Gasteiger partial charge in [0.25, 0.3) is 5.91 Å². The van der Waals surface area contributed by atoms with E-state index in [9.17, 15) is 4.79 Å². The Kier molecular flexibility index (Phi) is 4.60. The average Bonchev–Trinajstić information content (AvgIpc) is 3.13. The van der Waals surface area contributed by atoms with E-state index in [1.807, 2.05) is 21.7 Å². The highest BCUT2D eigenvalue weighted by atomic mass is 32.1. The van der Waals surface area contributed by atoms with E-state index < -0.39 is 0 Å². The van der Waals surface area contributed by atoms with E-state index in [1.54, 1.807) is 11.3 Å². The fraction of sp³-hybridized carbons (Fsp3) is 0.611.